The lowest BCUT2D eigenvalue weighted by Gasteiger charge is -2.30. The molecule has 0 radical (unpaired) electrons. The van der Waals surface area contributed by atoms with Gasteiger partial charge in [-0.15, -0.1) is 0 Å². The Labute approximate surface area is 303 Å². The van der Waals surface area contributed by atoms with Crippen molar-refractivity contribution in [3.05, 3.63) is 71.8 Å². The van der Waals surface area contributed by atoms with Gasteiger partial charge in [0, 0.05) is 19.4 Å². The summed E-state index contributed by atoms with van der Waals surface area (Å²) >= 11 is 1.52. The first kappa shape index (κ1) is 41.0. The van der Waals surface area contributed by atoms with Gasteiger partial charge in [0.25, 0.3) is 5.91 Å². The molecule has 0 bridgehead atoms. The number of hydrogen-bond donors (Lipinski definition) is 7. The molecule has 1 saturated heterocycles. The second-order valence-corrected chi connectivity index (χ2v) is 14.2. The Kier molecular flexibility index (Phi) is 16.4. The summed E-state index contributed by atoms with van der Waals surface area (Å²) in [6.07, 6.45) is 3.08. The number of nitrogens with one attached hydrogen (secondary N) is 5. The predicted molar refractivity (Wildman–Crippen MR) is 197 cm³/mol. The highest BCUT2D eigenvalue weighted by molar-refractivity contribution is 7.98. The third kappa shape index (κ3) is 12.7. The Morgan fingerprint density at radius 1 is 0.784 bits per heavy atom. The molecule has 0 unspecified atom stereocenters. The van der Waals surface area contributed by atoms with Gasteiger partial charge in [-0.2, -0.15) is 11.8 Å². The first-order valence-electron chi connectivity index (χ1n) is 17.2. The molecular weight excluding hydrogens is 673 g/mol. The van der Waals surface area contributed by atoms with Crippen molar-refractivity contribution >= 4 is 47.2 Å². The zero-order valence-electron chi connectivity index (χ0n) is 29.7. The molecule has 2 aromatic carbocycles. The normalized spacial score (nSPS) is 17.1. The van der Waals surface area contributed by atoms with E-state index in [0.29, 0.717) is 18.6 Å². The highest BCUT2D eigenvalue weighted by Crippen LogP contribution is 2.21. The molecule has 0 aromatic heterocycles. The van der Waals surface area contributed by atoms with E-state index in [9.17, 15) is 28.8 Å². The third-order valence-corrected chi connectivity index (χ3v) is 9.20. The standard InChI is InChI=1S/C36H52N8O6S/c1-22(2)19-30(35(49)39-26(16-18-51-4)34(48)43-38)44-17-15-27(36(44)50)40-32(46)29(21-25-13-9-6-10-14-25)42-33(47)28(41-31(45)23(3)37)20-24-11-7-5-8-12-24/h5-14,22-23,26-30H,15-21,37-38H2,1-4H3,(H,39,49)(H,40,46)(H,41,45)(H,42,47)(H,43,48)/t23-,26-,27+,28-,29-,30-/m0/s1. The van der Waals surface area contributed by atoms with Crippen LogP contribution in [-0.2, 0) is 41.6 Å². The number of amides is 6. The molecule has 15 heteroatoms. The number of hydrazine groups is 1. The van der Waals surface area contributed by atoms with Crippen LogP contribution < -0.4 is 38.3 Å². The Hall–Kier alpha value is -4.47. The molecule has 0 aliphatic carbocycles. The van der Waals surface area contributed by atoms with Crippen LogP contribution in [0.5, 0.6) is 0 Å². The van der Waals surface area contributed by atoms with Crippen molar-refractivity contribution in [1.29, 1.82) is 0 Å². The maximum Gasteiger partial charge on any atom is 0.256 e. The molecule has 0 spiro atoms. The van der Waals surface area contributed by atoms with E-state index >= 15 is 0 Å². The minimum atomic E-state index is -1.10. The molecule has 1 aliphatic heterocycles. The van der Waals surface area contributed by atoms with Crippen LogP contribution in [0.3, 0.4) is 0 Å². The van der Waals surface area contributed by atoms with E-state index in [1.54, 1.807) is 0 Å². The van der Waals surface area contributed by atoms with Gasteiger partial charge in [-0.3, -0.25) is 34.2 Å². The Balaban J connectivity index is 1.80. The highest BCUT2D eigenvalue weighted by Gasteiger charge is 2.41. The number of carbonyl (C=O) groups excluding carboxylic acids is 6. The molecule has 278 valence electrons. The molecule has 1 fully saturated rings. The van der Waals surface area contributed by atoms with Gasteiger partial charge in [0.1, 0.15) is 30.2 Å². The van der Waals surface area contributed by atoms with Crippen molar-refractivity contribution in [2.45, 2.75) is 89.1 Å². The van der Waals surface area contributed by atoms with Gasteiger partial charge in [-0.05, 0) is 55.2 Å². The monoisotopic (exact) mass is 724 g/mol. The lowest BCUT2D eigenvalue weighted by Crippen LogP contribution is -2.58. The maximum atomic E-state index is 13.9. The number of benzene rings is 2. The van der Waals surface area contributed by atoms with Crippen LogP contribution in [0.25, 0.3) is 0 Å². The molecule has 1 aliphatic rings. The highest BCUT2D eigenvalue weighted by atomic mass is 32.2. The van der Waals surface area contributed by atoms with E-state index in [4.69, 9.17) is 11.6 Å². The minimum Gasteiger partial charge on any atom is -0.343 e. The van der Waals surface area contributed by atoms with Gasteiger partial charge in [0.15, 0.2) is 0 Å². The summed E-state index contributed by atoms with van der Waals surface area (Å²) in [5.74, 6) is 2.85. The van der Waals surface area contributed by atoms with Gasteiger partial charge in [-0.25, -0.2) is 5.84 Å². The lowest BCUT2D eigenvalue weighted by molar-refractivity contribution is -0.141. The fourth-order valence-electron chi connectivity index (χ4n) is 5.81. The van der Waals surface area contributed by atoms with Gasteiger partial charge < -0.3 is 31.9 Å². The van der Waals surface area contributed by atoms with Crippen LogP contribution in [0.4, 0.5) is 0 Å². The zero-order chi connectivity index (χ0) is 37.5. The summed E-state index contributed by atoms with van der Waals surface area (Å²) in [6.45, 7) is 5.56. The Morgan fingerprint density at radius 2 is 1.31 bits per heavy atom. The van der Waals surface area contributed by atoms with Crippen LogP contribution in [0.2, 0.25) is 0 Å². The smallest absolute Gasteiger partial charge is 0.256 e. The quantitative estimate of drug-likeness (QED) is 0.0595. The van der Waals surface area contributed by atoms with Gasteiger partial charge in [-0.1, -0.05) is 74.5 Å². The topological polar surface area (TPSA) is 218 Å². The number of nitrogens with two attached hydrogens (primary N) is 2. The van der Waals surface area contributed by atoms with E-state index in [0.717, 1.165) is 11.1 Å². The van der Waals surface area contributed by atoms with Crippen molar-refractivity contribution in [2.75, 3.05) is 18.6 Å². The second-order valence-electron chi connectivity index (χ2n) is 13.2. The van der Waals surface area contributed by atoms with E-state index in [1.807, 2.05) is 80.8 Å². The number of thioether (sulfide) groups is 1. The van der Waals surface area contributed by atoms with Crippen LogP contribution in [0.15, 0.2) is 60.7 Å². The van der Waals surface area contributed by atoms with Crippen LogP contribution >= 0.6 is 11.8 Å². The molecule has 51 heavy (non-hydrogen) atoms. The van der Waals surface area contributed by atoms with Crippen molar-refractivity contribution in [3.8, 4) is 0 Å². The first-order valence-corrected chi connectivity index (χ1v) is 18.6. The molecule has 3 rings (SSSR count). The SMILES string of the molecule is CSCC[C@H](NC(=O)[C@H](CC(C)C)N1CC[C@@H](NC(=O)[C@H](Cc2ccccc2)NC(=O)[C@H](Cc2ccccc2)NC(=O)[C@H](C)N)C1=O)C(=O)NN. The minimum absolute atomic E-state index is 0.0345. The summed E-state index contributed by atoms with van der Waals surface area (Å²) in [4.78, 5) is 81.4. The fraction of sp³-hybridized carbons (Fsp3) is 0.500. The van der Waals surface area contributed by atoms with Crippen LogP contribution in [0.1, 0.15) is 51.2 Å². The summed E-state index contributed by atoms with van der Waals surface area (Å²) in [6, 6.07) is 12.5. The predicted octanol–water partition coefficient (Wildman–Crippen LogP) is 0.148. The van der Waals surface area contributed by atoms with E-state index in [1.165, 1.54) is 23.6 Å². The van der Waals surface area contributed by atoms with Gasteiger partial charge in [0.05, 0.1) is 6.04 Å². The summed E-state index contributed by atoms with van der Waals surface area (Å²) in [7, 11) is 0. The number of carbonyl (C=O) groups is 6. The fourth-order valence-corrected chi connectivity index (χ4v) is 6.28. The van der Waals surface area contributed by atoms with Crippen molar-refractivity contribution < 1.29 is 28.8 Å². The van der Waals surface area contributed by atoms with Crippen LogP contribution in [0, 0.1) is 5.92 Å². The average Bonchev–Trinajstić information content (AvgIpc) is 3.47. The van der Waals surface area contributed by atoms with E-state index in [-0.39, 0.29) is 31.7 Å². The van der Waals surface area contributed by atoms with Gasteiger partial charge >= 0.3 is 0 Å². The van der Waals surface area contributed by atoms with Crippen molar-refractivity contribution in [1.82, 2.24) is 31.6 Å². The maximum absolute atomic E-state index is 13.9. The lowest BCUT2D eigenvalue weighted by atomic mass is 10.0. The molecule has 2 aromatic rings. The van der Waals surface area contributed by atoms with Crippen molar-refractivity contribution in [2.24, 2.45) is 17.5 Å². The van der Waals surface area contributed by atoms with Crippen molar-refractivity contribution in [3.63, 3.8) is 0 Å². The second kappa shape index (κ2) is 20.4. The summed E-state index contributed by atoms with van der Waals surface area (Å²) in [5, 5.41) is 11.1. The molecule has 14 nitrogen and oxygen atoms in total. The summed E-state index contributed by atoms with van der Waals surface area (Å²) < 4.78 is 0. The first-order chi connectivity index (χ1) is 24.3. The van der Waals surface area contributed by atoms with E-state index in [2.05, 4.69) is 26.7 Å². The molecule has 6 atom stereocenters. The average molecular weight is 725 g/mol. The molecule has 1 heterocycles. The Morgan fingerprint density at radius 3 is 1.82 bits per heavy atom. The molecular formula is C36H52N8O6S. The number of hydrogen-bond acceptors (Lipinski definition) is 9. The van der Waals surface area contributed by atoms with Crippen LogP contribution in [-0.4, -0.2) is 95.1 Å². The number of rotatable bonds is 19. The van der Waals surface area contributed by atoms with E-state index < -0.39 is 71.7 Å². The number of likely N-dealkylation sites (tertiary alicyclic amines) is 1. The zero-order valence-corrected chi connectivity index (χ0v) is 30.5. The largest absolute Gasteiger partial charge is 0.343 e. The summed E-state index contributed by atoms with van der Waals surface area (Å²) in [5.41, 5.74) is 9.43. The van der Waals surface area contributed by atoms with Gasteiger partial charge in [0.2, 0.25) is 29.5 Å². The third-order valence-electron chi connectivity index (χ3n) is 8.56. The number of nitrogens with zero attached hydrogens (tertiary/aromatic N) is 1. The Bertz CT molecular complexity index is 1480. The molecule has 0 saturated carbocycles. The molecule has 6 amide bonds. The molecule has 9 N–H and O–H groups in total.